The Morgan fingerprint density at radius 2 is 2.04 bits per heavy atom. The molecule has 6 nitrogen and oxygen atoms in total. The summed E-state index contributed by atoms with van der Waals surface area (Å²) in [7, 11) is 5.42. The molecule has 2 aromatic rings. The zero-order valence-corrected chi connectivity index (χ0v) is 16.7. The Balaban J connectivity index is 2.00. The van der Waals surface area contributed by atoms with Crippen molar-refractivity contribution in [1.29, 1.82) is 0 Å². The molecule has 0 atom stereocenters. The molecule has 0 aliphatic carbocycles. The van der Waals surface area contributed by atoms with Crippen molar-refractivity contribution in [2.24, 2.45) is 0 Å². The van der Waals surface area contributed by atoms with Gasteiger partial charge in [-0.3, -0.25) is 4.79 Å². The van der Waals surface area contributed by atoms with Crippen LogP contribution in [0.1, 0.15) is 35.7 Å². The molecule has 3 rings (SSSR count). The fourth-order valence-electron chi connectivity index (χ4n) is 3.28. The average Bonchev–Trinajstić information content (AvgIpc) is 3.15. The summed E-state index contributed by atoms with van der Waals surface area (Å²) in [5, 5.41) is 0. The number of benzene rings is 2. The average molecular weight is 382 g/mol. The summed E-state index contributed by atoms with van der Waals surface area (Å²) in [4.78, 5) is 15.1. The van der Waals surface area contributed by atoms with Crippen molar-refractivity contribution in [1.82, 2.24) is 0 Å². The van der Waals surface area contributed by atoms with E-state index < -0.39 is 0 Å². The van der Waals surface area contributed by atoms with E-state index in [0.29, 0.717) is 40.5 Å². The lowest BCUT2D eigenvalue weighted by atomic mass is 9.96. The molecule has 0 unspecified atom stereocenters. The van der Waals surface area contributed by atoms with Gasteiger partial charge in [-0.2, -0.15) is 0 Å². The fraction of sp³-hybridized carbons (Fsp3) is 0.318. The lowest BCUT2D eigenvalue weighted by molar-refractivity contribution is 0.103. The summed E-state index contributed by atoms with van der Waals surface area (Å²) in [6.07, 6.45) is 3.35. The van der Waals surface area contributed by atoms with E-state index >= 15 is 0 Å². The zero-order valence-electron chi connectivity index (χ0n) is 16.7. The molecule has 1 aliphatic rings. The maximum Gasteiger partial charge on any atom is 0.231 e. The van der Waals surface area contributed by atoms with Crippen molar-refractivity contribution in [2.45, 2.75) is 19.8 Å². The van der Waals surface area contributed by atoms with E-state index in [1.807, 2.05) is 56.3 Å². The fourth-order valence-corrected chi connectivity index (χ4v) is 3.28. The molecule has 1 heterocycles. The summed E-state index contributed by atoms with van der Waals surface area (Å²) < 4.78 is 16.4. The third-order valence-corrected chi connectivity index (χ3v) is 4.64. The van der Waals surface area contributed by atoms with Crippen molar-refractivity contribution in [2.75, 3.05) is 38.6 Å². The van der Waals surface area contributed by atoms with Crippen LogP contribution >= 0.6 is 0 Å². The summed E-state index contributed by atoms with van der Waals surface area (Å²) in [5.74, 6) is 1.74. The van der Waals surface area contributed by atoms with Crippen LogP contribution in [0.2, 0.25) is 0 Å². The van der Waals surface area contributed by atoms with Gasteiger partial charge in [0.1, 0.15) is 0 Å². The lowest BCUT2D eigenvalue weighted by Crippen LogP contribution is -2.12. The standard InChI is InChI=1S/C22H26N2O4/c1-5-6-14(20(25)15-7-9-18(24(2)3)17(23)12-15)11-16-8-10-19-22(21(16)26-4)28-13-27-19/h7-12H,5-6,13,23H2,1-4H3/b14-11+. The summed E-state index contributed by atoms with van der Waals surface area (Å²) in [6, 6.07) is 9.12. The van der Waals surface area contributed by atoms with Gasteiger partial charge in [-0.15, -0.1) is 0 Å². The van der Waals surface area contributed by atoms with Crippen LogP contribution in [-0.2, 0) is 0 Å². The molecular weight excluding hydrogens is 356 g/mol. The molecule has 0 spiro atoms. The molecule has 2 aromatic carbocycles. The van der Waals surface area contributed by atoms with E-state index in [1.54, 1.807) is 13.2 Å². The molecule has 0 bridgehead atoms. The van der Waals surface area contributed by atoms with Crippen molar-refractivity contribution in [3.8, 4) is 17.2 Å². The van der Waals surface area contributed by atoms with Gasteiger partial charge < -0.3 is 24.8 Å². The number of anilines is 2. The van der Waals surface area contributed by atoms with Crippen molar-refractivity contribution in [3.05, 3.63) is 47.0 Å². The highest BCUT2D eigenvalue weighted by atomic mass is 16.7. The maximum atomic E-state index is 13.2. The number of hydrogen-bond acceptors (Lipinski definition) is 6. The van der Waals surface area contributed by atoms with Crippen LogP contribution in [0.25, 0.3) is 6.08 Å². The summed E-state index contributed by atoms with van der Waals surface area (Å²) in [6.45, 7) is 2.21. The van der Waals surface area contributed by atoms with E-state index in [0.717, 1.165) is 17.7 Å². The molecule has 148 valence electrons. The highest BCUT2D eigenvalue weighted by Crippen LogP contribution is 2.44. The van der Waals surface area contributed by atoms with Crippen LogP contribution in [0.4, 0.5) is 11.4 Å². The largest absolute Gasteiger partial charge is 0.492 e. The monoisotopic (exact) mass is 382 g/mol. The third kappa shape index (κ3) is 3.76. The predicted octanol–water partition coefficient (Wildman–Crippen LogP) is 4.14. The van der Waals surface area contributed by atoms with Crippen LogP contribution < -0.4 is 24.8 Å². The molecule has 0 amide bonds. The van der Waals surface area contributed by atoms with Gasteiger partial charge in [0.05, 0.1) is 18.5 Å². The highest BCUT2D eigenvalue weighted by Gasteiger charge is 2.22. The molecule has 28 heavy (non-hydrogen) atoms. The number of nitrogens with two attached hydrogens (primary N) is 1. The number of carbonyl (C=O) groups is 1. The molecule has 2 N–H and O–H groups in total. The topological polar surface area (TPSA) is 74.0 Å². The normalized spacial score (nSPS) is 12.8. The third-order valence-electron chi connectivity index (χ3n) is 4.64. The second-order valence-corrected chi connectivity index (χ2v) is 6.84. The minimum Gasteiger partial charge on any atom is -0.492 e. The first-order valence-corrected chi connectivity index (χ1v) is 9.25. The first-order valence-electron chi connectivity index (χ1n) is 9.25. The molecule has 1 aliphatic heterocycles. The molecule has 0 radical (unpaired) electrons. The molecule has 6 heteroatoms. The van der Waals surface area contributed by atoms with Crippen molar-refractivity contribution < 1.29 is 19.0 Å². The first kappa shape index (κ1) is 19.6. The second kappa shape index (κ2) is 8.25. The Labute approximate surface area is 165 Å². The summed E-state index contributed by atoms with van der Waals surface area (Å²) >= 11 is 0. The van der Waals surface area contributed by atoms with Gasteiger partial charge in [0, 0.05) is 30.8 Å². The molecule has 0 saturated heterocycles. The van der Waals surface area contributed by atoms with Crippen LogP contribution in [0.5, 0.6) is 17.2 Å². The number of allylic oxidation sites excluding steroid dienone is 1. The Morgan fingerprint density at radius 3 is 2.68 bits per heavy atom. The van der Waals surface area contributed by atoms with E-state index in [1.165, 1.54) is 0 Å². The molecular formula is C22H26N2O4. The Bertz CT molecular complexity index is 919. The Kier molecular flexibility index (Phi) is 5.78. The van der Waals surface area contributed by atoms with Crippen LogP contribution in [0, 0.1) is 0 Å². The molecule has 0 aromatic heterocycles. The van der Waals surface area contributed by atoms with Gasteiger partial charge in [0.15, 0.2) is 17.3 Å². The number of methoxy groups -OCH3 is 1. The van der Waals surface area contributed by atoms with Gasteiger partial charge >= 0.3 is 0 Å². The predicted molar refractivity (Wildman–Crippen MR) is 112 cm³/mol. The van der Waals surface area contributed by atoms with E-state index in [4.69, 9.17) is 19.9 Å². The minimum absolute atomic E-state index is 0.0430. The Hall–Kier alpha value is -3.15. The number of ether oxygens (including phenoxy) is 3. The quantitative estimate of drug-likeness (QED) is 0.441. The van der Waals surface area contributed by atoms with Gasteiger partial charge in [-0.25, -0.2) is 0 Å². The SMILES string of the molecule is CCC/C(=C\c1ccc2c(c1OC)OCO2)C(=O)c1ccc(N(C)C)c(N)c1. The van der Waals surface area contributed by atoms with Gasteiger partial charge in [0.2, 0.25) is 12.5 Å². The number of hydrogen-bond donors (Lipinski definition) is 1. The van der Waals surface area contributed by atoms with Crippen molar-refractivity contribution >= 4 is 23.2 Å². The van der Waals surface area contributed by atoms with E-state index in [-0.39, 0.29) is 12.6 Å². The van der Waals surface area contributed by atoms with E-state index in [9.17, 15) is 4.79 Å². The number of Topliss-reactive ketones (excluding diaryl/α,β-unsaturated/α-hetero) is 1. The molecule has 0 fully saturated rings. The Morgan fingerprint density at radius 1 is 1.25 bits per heavy atom. The van der Waals surface area contributed by atoms with Crippen LogP contribution in [0.3, 0.4) is 0 Å². The minimum atomic E-state index is -0.0430. The van der Waals surface area contributed by atoms with E-state index in [2.05, 4.69) is 0 Å². The number of nitrogens with zero attached hydrogens (tertiary/aromatic N) is 1. The second-order valence-electron chi connectivity index (χ2n) is 6.84. The first-order chi connectivity index (χ1) is 13.5. The van der Waals surface area contributed by atoms with Gasteiger partial charge in [-0.05, 0) is 42.8 Å². The number of rotatable bonds is 7. The lowest BCUT2D eigenvalue weighted by Gasteiger charge is -2.16. The van der Waals surface area contributed by atoms with Gasteiger partial charge in [-0.1, -0.05) is 13.3 Å². The zero-order chi connectivity index (χ0) is 20.3. The van der Waals surface area contributed by atoms with Crippen LogP contribution in [-0.4, -0.2) is 33.8 Å². The number of fused-ring (bicyclic) bond motifs is 1. The molecule has 0 saturated carbocycles. The summed E-state index contributed by atoms with van der Waals surface area (Å²) in [5.41, 5.74) is 9.63. The van der Waals surface area contributed by atoms with Gasteiger partial charge in [0.25, 0.3) is 0 Å². The van der Waals surface area contributed by atoms with Crippen molar-refractivity contribution in [3.63, 3.8) is 0 Å². The highest BCUT2D eigenvalue weighted by molar-refractivity contribution is 6.12. The number of ketones is 1. The van der Waals surface area contributed by atoms with Crippen LogP contribution in [0.15, 0.2) is 35.9 Å². The maximum absolute atomic E-state index is 13.2. The number of carbonyl (C=O) groups excluding carboxylic acids is 1. The smallest absolute Gasteiger partial charge is 0.231 e. The number of nitrogen functional groups attached to an aromatic ring is 1.